The molecule has 1 aliphatic heterocycles. The molecular formula is C132H122O2. The van der Waals surface area contributed by atoms with Crippen LogP contribution in [0.1, 0.15) is 245 Å². The van der Waals surface area contributed by atoms with Gasteiger partial charge in [0.15, 0.2) is 0 Å². The zero-order valence-corrected chi connectivity index (χ0v) is 80.1. The molecule has 0 amide bonds. The highest BCUT2D eigenvalue weighted by Crippen LogP contribution is 2.66. The van der Waals surface area contributed by atoms with Gasteiger partial charge in [-0.15, -0.1) is 0 Å². The Balaban J connectivity index is 0.0000000911. The molecule has 134 heavy (non-hydrogen) atoms. The summed E-state index contributed by atoms with van der Waals surface area (Å²) in [7, 11) is 0. The zero-order chi connectivity index (χ0) is 91.3. The van der Waals surface area contributed by atoms with Crippen LogP contribution in [0.2, 0.25) is 0 Å². The van der Waals surface area contributed by atoms with Crippen LogP contribution in [0.4, 0.5) is 0 Å². The summed E-state index contributed by atoms with van der Waals surface area (Å²) < 4.78 is 5.78. The van der Waals surface area contributed by atoms with Gasteiger partial charge in [-0.25, -0.2) is 0 Å². The van der Waals surface area contributed by atoms with E-state index < -0.39 is 0 Å². The van der Waals surface area contributed by atoms with Crippen LogP contribution in [-0.4, -0.2) is 19.0 Å². The van der Waals surface area contributed by atoms with Crippen molar-refractivity contribution in [1.29, 1.82) is 0 Å². The van der Waals surface area contributed by atoms with Gasteiger partial charge in [0.1, 0.15) is 5.78 Å². The van der Waals surface area contributed by atoms with Crippen LogP contribution in [0.3, 0.4) is 0 Å². The van der Waals surface area contributed by atoms with Gasteiger partial charge in [0.05, 0.1) is 12.0 Å². The van der Waals surface area contributed by atoms with E-state index >= 15 is 0 Å². The Morgan fingerprint density at radius 3 is 0.821 bits per heavy atom. The molecule has 2 nitrogen and oxygen atoms in total. The van der Waals surface area contributed by atoms with E-state index in [9.17, 15) is 4.79 Å². The van der Waals surface area contributed by atoms with Gasteiger partial charge >= 0.3 is 0 Å². The summed E-state index contributed by atoms with van der Waals surface area (Å²) in [5, 5.41) is 0. The summed E-state index contributed by atoms with van der Waals surface area (Å²) in [6.45, 7) is 25.9. The second-order valence-corrected chi connectivity index (χ2v) is 42.0. The van der Waals surface area contributed by atoms with Gasteiger partial charge in [-0.1, -0.05) is 415 Å². The number of ketones is 1. The van der Waals surface area contributed by atoms with Gasteiger partial charge in [0, 0.05) is 46.5 Å². The fourth-order valence-electron chi connectivity index (χ4n) is 27.4. The first-order valence-electron chi connectivity index (χ1n) is 50.0. The number of Topliss-reactive ketones (excluding diaryl/α,β-unsaturated/α-hetero) is 1. The number of carbonyl (C=O) groups is 1. The molecule has 1 heterocycles. The van der Waals surface area contributed by atoms with Gasteiger partial charge < -0.3 is 4.74 Å². The van der Waals surface area contributed by atoms with Crippen molar-refractivity contribution >= 4 is 5.78 Å². The Bertz CT molecular complexity index is 7130. The summed E-state index contributed by atoms with van der Waals surface area (Å²) >= 11 is 0. The van der Waals surface area contributed by atoms with Gasteiger partial charge in [0.2, 0.25) is 0 Å². The molecule has 6 spiro atoms. The van der Waals surface area contributed by atoms with E-state index in [1.165, 1.54) is 286 Å². The number of carbonyl (C=O) groups excluding carboxylic acids is 1. The molecular weight excluding hydrogens is 1620 g/mol. The van der Waals surface area contributed by atoms with E-state index in [4.69, 9.17) is 4.74 Å². The second-order valence-electron chi connectivity index (χ2n) is 42.0. The van der Waals surface area contributed by atoms with Crippen molar-refractivity contribution in [3.05, 3.63) is 483 Å². The summed E-state index contributed by atoms with van der Waals surface area (Å²) in [6.07, 6.45) is 18.8. The van der Waals surface area contributed by atoms with Crippen LogP contribution in [0.15, 0.2) is 322 Å². The monoisotopic (exact) mass is 1740 g/mol. The molecule has 12 aliphatic rings. The number of aryl methyl sites for hydroxylation is 12. The van der Waals surface area contributed by atoms with Crippen LogP contribution in [0.25, 0.3) is 77.9 Å². The number of fused-ring (bicyclic) bond motifs is 38. The summed E-state index contributed by atoms with van der Waals surface area (Å²) in [5.74, 6) is 0.427. The Morgan fingerprint density at radius 1 is 0.201 bits per heavy atom. The molecule has 0 bridgehead atoms. The smallest absolute Gasteiger partial charge is 0.133 e. The molecule has 16 aromatic carbocycles. The Labute approximate surface area is 795 Å². The predicted octanol–water partition coefficient (Wildman–Crippen LogP) is 32.3. The molecule has 0 unspecified atom stereocenters. The average molecular weight is 1740 g/mol. The first-order chi connectivity index (χ1) is 65.2. The average Bonchev–Trinajstić information content (AvgIpc) is 1.51. The minimum atomic E-state index is -0.199. The first-order valence-corrected chi connectivity index (χ1v) is 50.0. The highest BCUT2D eigenvalue weighted by atomic mass is 16.5. The molecule has 11 aliphatic carbocycles. The molecule has 0 aromatic heterocycles. The van der Waals surface area contributed by atoms with Crippen LogP contribution in [-0.2, 0) is 61.3 Å². The third kappa shape index (κ3) is 13.4. The minimum Gasteiger partial charge on any atom is -0.380 e. The van der Waals surface area contributed by atoms with Crippen molar-refractivity contribution in [2.45, 2.75) is 211 Å². The molecule has 1 saturated heterocycles. The van der Waals surface area contributed by atoms with Crippen LogP contribution in [0.5, 0.6) is 0 Å². The number of hydrogen-bond acceptors (Lipinski definition) is 2. The summed E-state index contributed by atoms with van der Waals surface area (Å²) in [4.78, 5) is 11.8. The van der Waals surface area contributed by atoms with Gasteiger partial charge in [-0.05, 0) is 312 Å². The number of ether oxygens (including phenoxy) is 1. The Morgan fingerprint density at radius 2 is 0.463 bits per heavy atom. The molecule has 2 saturated carbocycles. The molecule has 662 valence electrons. The second kappa shape index (κ2) is 33.1. The van der Waals surface area contributed by atoms with Crippen molar-refractivity contribution in [1.82, 2.24) is 0 Å². The van der Waals surface area contributed by atoms with Crippen molar-refractivity contribution in [3.8, 4) is 77.9 Å². The molecule has 2 heteroatoms. The highest BCUT2D eigenvalue weighted by Gasteiger charge is 2.55. The lowest BCUT2D eigenvalue weighted by molar-refractivity contribution is -0.121. The Kier molecular flexibility index (Phi) is 21.1. The lowest BCUT2D eigenvalue weighted by atomic mass is 9.67. The van der Waals surface area contributed by atoms with Crippen molar-refractivity contribution < 1.29 is 9.53 Å². The van der Waals surface area contributed by atoms with E-state index in [0.29, 0.717) is 11.2 Å². The van der Waals surface area contributed by atoms with E-state index in [1.54, 1.807) is 11.1 Å². The maximum absolute atomic E-state index is 11.8. The van der Waals surface area contributed by atoms with Gasteiger partial charge in [0.25, 0.3) is 0 Å². The van der Waals surface area contributed by atoms with E-state index in [0.717, 1.165) is 58.2 Å². The van der Waals surface area contributed by atoms with Crippen molar-refractivity contribution in [3.63, 3.8) is 0 Å². The highest BCUT2D eigenvalue weighted by molar-refractivity contribution is 5.96. The third-order valence-electron chi connectivity index (χ3n) is 33.6. The number of benzene rings is 16. The number of hydrogen-bond donors (Lipinski definition) is 0. The van der Waals surface area contributed by atoms with E-state index in [1.807, 2.05) is 0 Å². The molecule has 0 radical (unpaired) electrons. The largest absolute Gasteiger partial charge is 0.380 e. The SMILES string of the molecule is Cc1ccc2c(c1)C1(CCC(=O)CC1)c1cc(C)ccc1-2.Cc1ccc2c(c1)C1(CCCCCCC1)c1ccccc1-2.Cc1ccc2c(c1)C1(CCOC1)c1cc(C)ccc1-2.Cc1ccc2c(c1)C1(CCc3ccccc31)c1cc(C)ccc1-2.Cc1ccc2c(c1)C1(Cc3ccccc3C1)c1cc(C)ccc1-2.Cc1ccc2c(c1)C1(c3ccccc3-c3ccccc31)c1cc(C)ccc1-2. The van der Waals surface area contributed by atoms with Crippen molar-refractivity contribution in [2.24, 2.45) is 0 Å². The summed E-state index contributed by atoms with van der Waals surface area (Å²) in [5.41, 5.74) is 62.1. The predicted molar refractivity (Wildman–Crippen MR) is 557 cm³/mol. The lowest BCUT2D eigenvalue weighted by Gasteiger charge is -2.35. The maximum Gasteiger partial charge on any atom is 0.133 e. The third-order valence-corrected chi connectivity index (χ3v) is 33.6. The van der Waals surface area contributed by atoms with E-state index in [2.05, 4.69) is 398 Å². The van der Waals surface area contributed by atoms with Gasteiger partial charge in [-0.3, -0.25) is 4.79 Å². The maximum atomic E-state index is 11.8. The quantitative estimate of drug-likeness (QED) is 0.151. The van der Waals surface area contributed by atoms with E-state index in [-0.39, 0.29) is 27.1 Å². The Hall–Kier alpha value is -12.9. The lowest BCUT2D eigenvalue weighted by Crippen LogP contribution is -2.31. The van der Waals surface area contributed by atoms with Crippen LogP contribution < -0.4 is 0 Å². The van der Waals surface area contributed by atoms with Gasteiger partial charge in [-0.2, -0.15) is 0 Å². The molecule has 0 N–H and O–H groups in total. The molecule has 0 atom stereocenters. The minimum absolute atomic E-state index is 0.0687. The number of rotatable bonds is 0. The topological polar surface area (TPSA) is 26.3 Å². The molecule has 16 aromatic rings. The summed E-state index contributed by atoms with van der Waals surface area (Å²) in [6, 6.07) is 122. The zero-order valence-electron chi connectivity index (χ0n) is 80.1. The van der Waals surface area contributed by atoms with Crippen LogP contribution >= 0.6 is 0 Å². The van der Waals surface area contributed by atoms with Crippen LogP contribution in [0, 0.1) is 76.2 Å². The standard InChI is InChI=1S/C27H20.2C23H20.C21H24.C20H20O.C18H18O/c1-17-11-13-21-22-14-12-18(2)16-26(22)27(25(21)15-17)23-9-5-3-7-19(23)20-8-4-6-10-24(20)27;1-15-7-9-19-20-10-8-16(2)12-22(20)23(21(19)11-15)13-17-5-3-4-6-18(17)14-23;1-15-7-9-18-19-10-8-16(2)14-22(19)23(21(18)13-15)12-11-17-5-3-4-6-20(17)23;1-16-11-12-18-17-9-5-6-10-19(17)21(20(18)15-16)13-7-3-2-4-8-14-21;1-13-3-5-16-17-6-4-14(2)12-19(17)20(18(16)11-13)9-7-15(21)8-10-20;1-12-3-5-14-15-6-4-13(2)10-17(15)18(16(14)9-12)7-8-19-11-18/h3-16H,1-2H3;3-12H,13-14H2,1-2H3;3-10,13-14H,11-12H2,1-2H3;5-6,9-12,15H,2-4,7-8,13-14H2,1H3;3-6,11-12H,7-10H2,1-2H3;3-6,9-10H,7-8,11H2,1-2H3. The molecule has 3 fully saturated rings. The normalized spacial score (nSPS) is 17.2. The van der Waals surface area contributed by atoms with Crippen molar-refractivity contribution in [2.75, 3.05) is 13.2 Å². The fraction of sp³-hybridized carbons (Fsp3) is 0.265. The fourth-order valence-corrected chi connectivity index (χ4v) is 27.4. The molecule has 28 rings (SSSR count). The first kappa shape index (κ1) is 85.3.